The second-order valence-corrected chi connectivity index (χ2v) is 5.39. The normalized spacial score (nSPS) is 33.3. The number of imidazole rings is 1. The van der Waals surface area contributed by atoms with E-state index < -0.39 is 43.3 Å². The number of ether oxygens (including phenoxy) is 1. The summed E-state index contributed by atoms with van der Waals surface area (Å²) in [6.45, 7) is -0.547. The summed E-state index contributed by atoms with van der Waals surface area (Å²) in [6.07, 6.45) is -4.05. The van der Waals surface area contributed by atoms with E-state index >= 15 is 0 Å². The van der Waals surface area contributed by atoms with Crippen LogP contribution in [0.2, 0.25) is 0 Å². The summed E-state index contributed by atoms with van der Waals surface area (Å²) in [6, 6.07) is 0. The van der Waals surface area contributed by atoms with E-state index in [2.05, 4.69) is 10.3 Å². The Morgan fingerprint density at radius 2 is 2.13 bits per heavy atom. The minimum Gasteiger partial charge on any atom is -0.856 e. The zero-order valence-electron chi connectivity index (χ0n) is 12.1. The number of hydrogen-bond acceptors (Lipinski definition) is 9. The van der Waals surface area contributed by atoms with Crippen molar-refractivity contribution in [3.8, 4) is 0 Å². The molecule has 23 heavy (non-hydrogen) atoms. The van der Waals surface area contributed by atoms with E-state index in [9.17, 15) is 20.4 Å². The number of aliphatic hydroxyl groups excluding tert-OH is 4. The van der Waals surface area contributed by atoms with Crippen LogP contribution in [-0.4, -0.2) is 68.7 Å². The van der Waals surface area contributed by atoms with Crippen molar-refractivity contribution >= 4 is 11.7 Å². The lowest BCUT2D eigenvalue weighted by molar-refractivity contribution is -0.753. The minimum absolute atomic E-state index is 0.127. The predicted octanol–water partition coefficient (Wildman–Crippen LogP) is -4.85. The van der Waals surface area contributed by atoms with E-state index in [1.165, 1.54) is 15.5 Å². The highest BCUT2D eigenvalue weighted by Gasteiger charge is 2.47. The zero-order valence-corrected chi connectivity index (χ0v) is 12.1. The fourth-order valence-electron chi connectivity index (χ4n) is 2.83. The molecule has 3 rings (SSSR count). The number of nitrogens with two attached hydrogens (primary N) is 1. The molecule has 2 aliphatic rings. The zero-order chi connectivity index (χ0) is 16.7. The van der Waals surface area contributed by atoms with Crippen molar-refractivity contribution in [2.45, 2.75) is 37.4 Å². The molecule has 5 unspecified atom stereocenters. The highest BCUT2D eigenvalue weighted by molar-refractivity contribution is 5.94. The number of hydrogen-bond donors (Lipinski definition) is 6. The van der Waals surface area contributed by atoms with Gasteiger partial charge < -0.3 is 30.3 Å². The van der Waals surface area contributed by atoms with Crippen molar-refractivity contribution < 1.29 is 34.8 Å². The van der Waals surface area contributed by atoms with Gasteiger partial charge in [-0.15, -0.1) is 0 Å². The van der Waals surface area contributed by atoms with Crippen molar-refractivity contribution in [2.75, 3.05) is 18.5 Å². The first-order valence-corrected chi connectivity index (χ1v) is 7.12. The van der Waals surface area contributed by atoms with Gasteiger partial charge in [0.1, 0.15) is 18.3 Å². The molecular formula is C12H19N5O6. The van der Waals surface area contributed by atoms with Crippen molar-refractivity contribution in [3.63, 3.8) is 0 Å². The molecule has 5 atom stereocenters. The highest BCUT2D eigenvalue weighted by atomic mass is 16.6. The molecule has 1 saturated heterocycles. The number of aromatic nitrogens is 2. The topological polar surface area (TPSA) is 172 Å². The standard InChI is InChI=1S/C12H19N5O6/c13-12-14-9-6(10(22)15-12)16(1-2-18)4-17(9)11-8(21)7(20)5(3-19)23-11/h4-5,7-8,11-12,18-21H,1-3,13H2,(H-,14,15,22). The second kappa shape index (κ2) is 6.03. The molecule has 11 heteroatoms. The monoisotopic (exact) mass is 329 g/mol. The lowest BCUT2D eigenvalue weighted by atomic mass is 10.1. The first-order valence-electron chi connectivity index (χ1n) is 7.12. The average Bonchev–Trinajstić information content (AvgIpc) is 2.99. The van der Waals surface area contributed by atoms with Crippen molar-refractivity contribution in [2.24, 2.45) is 10.7 Å². The van der Waals surface area contributed by atoms with Crippen LogP contribution in [0.3, 0.4) is 0 Å². The van der Waals surface area contributed by atoms with Crippen molar-refractivity contribution in [1.29, 1.82) is 0 Å². The third kappa shape index (κ3) is 2.56. The van der Waals surface area contributed by atoms with Gasteiger partial charge in [0.05, 0.1) is 19.8 Å². The van der Waals surface area contributed by atoms with Gasteiger partial charge in [-0.3, -0.25) is 15.6 Å². The van der Waals surface area contributed by atoms with Gasteiger partial charge in [0.2, 0.25) is 12.5 Å². The molecule has 0 amide bonds. The second-order valence-electron chi connectivity index (χ2n) is 5.39. The predicted molar refractivity (Wildman–Crippen MR) is 72.9 cm³/mol. The number of fused-ring (bicyclic) bond motifs is 1. The maximum atomic E-state index is 12.1. The van der Waals surface area contributed by atoms with Crippen LogP contribution in [-0.2, 0) is 11.3 Å². The molecule has 1 aromatic rings. The lowest BCUT2D eigenvalue weighted by Gasteiger charge is -2.21. The number of anilines is 1. The maximum absolute atomic E-state index is 12.1. The van der Waals surface area contributed by atoms with Crippen LogP contribution in [0.5, 0.6) is 0 Å². The van der Waals surface area contributed by atoms with Gasteiger partial charge in [0.25, 0.3) is 5.82 Å². The number of aliphatic hydroxyl groups is 4. The summed E-state index contributed by atoms with van der Waals surface area (Å²) in [5.41, 5.74) is 5.81. The molecule has 0 aromatic carbocycles. The Balaban J connectivity index is 2.04. The Kier molecular flexibility index (Phi) is 4.23. The summed E-state index contributed by atoms with van der Waals surface area (Å²) in [7, 11) is 0. The molecule has 7 N–H and O–H groups in total. The molecule has 3 heterocycles. The van der Waals surface area contributed by atoms with Crippen LogP contribution in [0.1, 0.15) is 11.9 Å². The van der Waals surface area contributed by atoms with E-state index in [1.807, 2.05) is 0 Å². The molecule has 0 spiro atoms. The smallest absolute Gasteiger partial charge is 0.267 e. The van der Waals surface area contributed by atoms with E-state index in [-0.39, 0.29) is 24.7 Å². The first-order chi connectivity index (χ1) is 11.0. The molecule has 11 nitrogen and oxygen atoms in total. The largest absolute Gasteiger partial charge is 0.856 e. The van der Waals surface area contributed by atoms with Gasteiger partial charge in [0, 0.05) is 5.90 Å². The Hall–Kier alpha value is -1.76. The summed E-state index contributed by atoms with van der Waals surface area (Å²) in [5, 5.41) is 53.2. The maximum Gasteiger partial charge on any atom is 0.267 e. The van der Waals surface area contributed by atoms with Crippen LogP contribution in [0, 0.1) is 0 Å². The third-order valence-corrected chi connectivity index (χ3v) is 3.91. The SMILES string of the molecule is NC1N=C([O-])c2c([n+](C3OC(CO)C(O)C3O)cn2CCO)N1. The Morgan fingerprint density at radius 3 is 2.74 bits per heavy atom. The average molecular weight is 329 g/mol. The van der Waals surface area contributed by atoms with Crippen LogP contribution >= 0.6 is 0 Å². The molecule has 0 bridgehead atoms. The Morgan fingerprint density at radius 1 is 1.39 bits per heavy atom. The molecular weight excluding hydrogens is 310 g/mol. The van der Waals surface area contributed by atoms with Gasteiger partial charge >= 0.3 is 0 Å². The van der Waals surface area contributed by atoms with Crippen molar-refractivity contribution in [3.05, 3.63) is 12.0 Å². The van der Waals surface area contributed by atoms with Gasteiger partial charge in [-0.25, -0.2) is 9.56 Å². The number of nitrogens with zero attached hydrogens (tertiary/aromatic N) is 3. The summed E-state index contributed by atoms with van der Waals surface area (Å²) < 4.78 is 8.32. The Bertz CT molecular complexity index is 619. The first kappa shape index (κ1) is 16.1. The van der Waals surface area contributed by atoms with E-state index in [0.29, 0.717) is 0 Å². The summed E-state index contributed by atoms with van der Waals surface area (Å²) in [5.74, 6) is -0.300. The quantitative estimate of drug-likeness (QED) is 0.298. The van der Waals surface area contributed by atoms with Crippen LogP contribution in [0.25, 0.3) is 0 Å². The van der Waals surface area contributed by atoms with E-state index in [1.54, 1.807) is 0 Å². The molecule has 128 valence electrons. The molecule has 2 aliphatic heterocycles. The van der Waals surface area contributed by atoms with E-state index in [0.717, 1.165) is 0 Å². The number of nitrogens with one attached hydrogen (secondary N) is 1. The third-order valence-electron chi connectivity index (χ3n) is 3.91. The summed E-state index contributed by atoms with van der Waals surface area (Å²) in [4.78, 5) is 3.69. The highest BCUT2D eigenvalue weighted by Crippen LogP contribution is 2.28. The molecule has 1 fully saturated rings. The fourth-order valence-corrected chi connectivity index (χ4v) is 2.83. The Labute approximate surface area is 130 Å². The van der Waals surface area contributed by atoms with Crippen LogP contribution in [0.15, 0.2) is 11.3 Å². The lowest BCUT2D eigenvalue weighted by Crippen LogP contribution is -2.50. The minimum atomic E-state index is -1.31. The van der Waals surface area contributed by atoms with Gasteiger partial charge in [-0.2, -0.15) is 0 Å². The molecule has 0 radical (unpaired) electrons. The van der Waals surface area contributed by atoms with E-state index in [4.69, 9.17) is 15.6 Å². The molecule has 0 saturated carbocycles. The van der Waals surface area contributed by atoms with Crippen molar-refractivity contribution in [1.82, 2.24) is 4.57 Å². The van der Waals surface area contributed by atoms with Gasteiger partial charge in [0.15, 0.2) is 12.0 Å². The van der Waals surface area contributed by atoms with Gasteiger partial charge in [-0.1, -0.05) is 0 Å². The fraction of sp³-hybridized carbons (Fsp3) is 0.667. The molecule has 1 aromatic heterocycles. The van der Waals surface area contributed by atoms with Crippen LogP contribution in [0.4, 0.5) is 5.82 Å². The summed E-state index contributed by atoms with van der Waals surface area (Å²) >= 11 is 0. The molecule has 0 aliphatic carbocycles. The number of rotatable bonds is 4. The number of aliphatic imine (C=N–C) groups is 1. The van der Waals surface area contributed by atoms with Gasteiger partial charge in [-0.05, 0) is 0 Å². The van der Waals surface area contributed by atoms with Crippen LogP contribution < -0.4 is 20.7 Å².